The van der Waals surface area contributed by atoms with Gasteiger partial charge in [-0.1, -0.05) is 18.2 Å². The van der Waals surface area contributed by atoms with Crippen LogP contribution in [0.25, 0.3) is 0 Å². The SMILES string of the molecule is Cc1nc(COc2cccc(C(=O)Nc3ccc(CN4CCOCC4)cc3)c2)cs1. The van der Waals surface area contributed by atoms with Crippen LogP contribution in [0.4, 0.5) is 5.69 Å². The van der Waals surface area contributed by atoms with E-state index in [2.05, 4.69) is 27.3 Å². The number of amides is 1. The summed E-state index contributed by atoms with van der Waals surface area (Å²) in [7, 11) is 0. The number of rotatable bonds is 7. The monoisotopic (exact) mass is 423 g/mol. The van der Waals surface area contributed by atoms with Gasteiger partial charge >= 0.3 is 0 Å². The molecule has 0 atom stereocenters. The number of anilines is 1. The van der Waals surface area contributed by atoms with Crippen LogP contribution in [0, 0.1) is 6.92 Å². The second-order valence-electron chi connectivity index (χ2n) is 7.21. The molecule has 7 heteroatoms. The average Bonchev–Trinajstić information content (AvgIpc) is 3.20. The molecule has 1 N–H and O–H groups in total. The van der Waals surface area contributed by atoms with E-state index < -0.39 is 0 Å². The molecule has 3 aromatic rings. The Balaban J connectivity index is 1.32. The summed E-state index contributed by atoms with van der Waals surface area (Å²) < 4.78 is 11.2. The summed E-state index contributed by atoms with van der Waals surface area (Å²) in [5, 5.41) is 5.95. The zero-order valence-electron chi connectivity index (χ0n) is 17.0. The van der Waals surface area contributed by atoms with Crippen LogP contribution in [0.2, 0.25) is 0 Å². The molecule has 1 amide bonds. The summed E-state index contributed by atoms with van der Waals surface area (Å²) in [5.41, 5.74) is 3.45. The highest BCUT2D eigenvalue weighted by atomic mass is 32.1. The van der Waals surface area contributed by atoms with Gasteiger partial charge in [0.15, 0.2) is 0 Å². The first kappa shape index (κ1) is 20.5. The van der Waals surface area contributed by atoms with Crippen molar-refractivity contribution >= 4 is 22.9 Å². The van der Waals surface area contributed by atoms with Crippen LogP contribution in [0.5, 0.6) is 5.75 Å². The number of nitrogens with zero attached hydrogens (tertiary/aromatic N) is 2. The molecule has 0 radical (unpaired) electrons. The topological polar surface area (TPSA) is 63.7 Å². The van der Waals surface area contributed by atoms with E-state index in [0.717, 1.165) is 49.2 Å². The van der Waals surface area contributed by atoms with E-state index in [9.17, 15) is 4.79 Å². The predicted molar refractivity (Wildman–Crippen MR) is 118 cm³/mol. The third-order valence-corrected chi connectivity index (χ3v) is 5.69. The van der Waals surface area contributed by atoms with Gasteiger partial charge in [0.2, 0.25) is 0 Å². The standard InChI is InChI=1S/C23H25N3O3S/c1-17-24-21(16-30-17)15-29-22-4-2-3-19(13-22)23(27)25-20-7-5-18(6-8-20)14-26-9-11-28-12-10-26/h2-8,13,16H,9-12,14-15H2,1H3,(H,25,27). The molecule has 2 heterocycles. The van der Waals surface area contributed by atoms with Gasteiger partial charge in [-0.05, 0) is 42.8 Å². The quantitative estimate of drug-likeness (QED) is 0.619. The van der Waals surface area contributed by atoms with Crippen LogP contribution in [-0.2, 0) is 17.9 Å². The van der Waals surface area contributed by atoms with Gasteiger partial charge in [0.05, 0.1) is 23.9 Å². The van der Waals surface area contributed by atoms with Crippen LogP contribution in [-0.4, -0.2) is 42.1 Å². The fourth-order valence-corrected chi connectivity index (χ4v) is 3.87. The Kier molecular flexibility index (Phi) is 6.74. The normalized spacial score (nSPS) is 14.4. The molecule has 0 bridgehead atoms. The summed E-state index contributed by atoms with van der Waals surface area (Å²) in [6, 6.07) is 15.2. The number of aryl methyl sites for hydroxylation is 1. The number of carbonyl (C=O) groups is 1. The molecular weight excluding hydrogens is 398 g/mol. The first-order chi connectivity index (χ1) is 14.7. The Morgan fingerprint density at radius 3 is 2.73 bits per heavy atom. The minimum atomic E-state index is -0.161. The second kappa shape index (κ2) is 9.84. The molecule has 6 nitrogen and oxygen atoms in total. The molecule has 0 unspecified atom stereocenters. The number of morpholine rings is 1. The maximum absolute atomic E-state index is 12.6. The Bertz CT molecular complexity index is 981. The summed E-state index contributed by atoms with van der Waals surface area (Å²) >= 11 is 1.60. The molecule has 1 aliphatic rings. The van der Waals surface area contributed by atoms with Crippen LogP contribution in [0.3, 0.4) is 0 Å². The Morgan fingerprint density at radius 2 is 2.00 bits per heavy atom. The van der Waals surface area contributed by atoms with Crippen molar-refractivity contribution in [1.29, 1.82) is 0 Å². The molecule has 1 saturated heterocycles. The van der Waals surface area contributed by atoms with E-state index in [0.29, 0.717) is 17.9 Å². The number of hydrogen-bond donors (Lipinski definition) is 1. The molecule has 0 saturated carbocycles. The van der Waals surface area contributed by atoms with Crippen molar-refractivity contribution in [2.75, 3.05) is 31.6 Å². The summed E-state index contributed by atoms with van der Waals surface area (Å²) in [6.07, 6.45) is 0. The lowest BCUT2D eigenvalue weighted by Gasteiger charge is -2.26. The summed E-state index contributed by atoms with van der Waals surface area (Å²) in [6.45, 7) is 6.75. The number of nitrogens with one attached hydrogen (secondary N) is 1. The van der Waals surface area contributed by atoms with Gasteiger partial charge in [-0.2, -0.15) is 0 Å². The maximum Gasteiger partial charge on any atom is 0.255 e. The lowest BCUT2D eigenvalue weighted by molar-refractivity contribution is 0.0342. The molecular formula is C23H25N3O3S. The highest BCUT2D eigenvalue weighted by Crippen LogP contribution is 2.18. The highest BCUT2D eigenvalue weighted by molar-refractivity contribution is 7.09. The van der Waals surface area contributed by atoms with Crippen LogP contribution >= 0.6 is 11.3 Å². The van der Waals surface area contributed by atoms with Gasteiger partial charge in [-0.25, -0.2) is 4.98 Å². The van der Waals surface area contributed by atoms with Gasteiger partial charge < -0.3 is 14.8 Å². The third kappa shape index (κ3) is 5.66. The number of ether oxygens (including phenoxy) is 2. The first-order valence-corrected chi connectivity index (χ1v) is 10.9. The Labute approximate surface area is 180 Å². The molecule has 1 aliphatic heterocycles. The van der Waals surface area contributed by atoms with Crippen LogP contribution in [0.1, 0.15) is 26.6 Å². The zero-order chi connectivity index (χ0) is 20.8. The highest BCUT2D eigenvalue weighted by Gasteiger charge is 2.11. The van der Waals surface area contributed by atoms with E-state index in [1.54, 1.807) is 23.5 Å². The average molecular weight is 424 g/mol. The van der Waals surface area contributed by atoms with E-state index in [1.165, 1.54) is 5.56 Å². The number of carbonyl (C=O) groups excluding carboxylic acids is 1. The smallest absolute Gasteiger partial charge is 0.255 e. The minimum absolute atomic E-state index is 0.161. The maximum atomic E-state index is 12.6. The van der Waals surface area contributed by atoms with E-state index >= 15 is 0 Å². The van der Waals surface area contributed by atoms with Gasteiger partial charge in [0, 0.05) is 36.3 Å². The summed E-state index contributed by atoms with van der Waals surface area (Å²) in [5.74, 6) is 0.486. The van der Waals surface area contributed by atoms with Gasteiger partial charge in [-0.3, -0.25) is 9.69 Å². The molecule has 1 aromatic heterocycles. The lowest BCUT2D eigenvalue weighted by atomic mass is 10.1. The number of aromatic nitrogens is 1. The van der Waals surface area contributed by atoms with Crippen LogP contribution in [0.15, 0.2) is 53.9 Å². The van der Waals surface area contributed by atoms with Crippen molar-refractivity contribution in [3.63, 3.8) is 0 Å². The third-order valence-electron chi connectivity index (χ3n) is 4.87. The van der Waals surface area contributed by atoms with Crippen molar-refractivity contribution < 1.29 is 14.3 Å². The molecule has 2 aromatic carbocycles. The lowest BCUT2D eigenvalue weighted by Crippen LogP contribution is -2.35. The predicted octanol–water partition coefficient (Wildman–Crippen LogP) is 4.12. The summed E-state index contributed by atoms with van der Waals surface area (Å²) in [4.78, 5) is 19.4. The molecule has 30 heavy (non-hydrogen) atoms. The second-order valence-corrected chi connectivity index (χ2v) is 8.28. The number of benzene rings is 2. The van der Waals surface area contributed by atoms with Crippen molar-refractivity contribution in [3.05, 3.63) is 75.7 Å². The van der Waals surface area contributed by atoms with Gasteiger partial charge in [0.25, 0.3) is 5.91 Å². The van der Waals surface area contributed by atoms with E-state index in [1.807, 2.05) is 36.6 Å². The number of hydrogen-bond acceptors (Lipinski definition) is 6. The van der Waals surface area contributed by atoms with Crippen molar-refractivity contribution in [1.82, 2.24) is 9.88 Å². The fraction of sp³-hybridized carbons (Fsp3) is 0.304. The van der Waals surface area contributed by atoms with Crippen molar-refractivity contribution in [2.45, 2.75) is 20.1 Å². The van der Waals surface area contributed by atoms with Crippen molar-refractivity contribution in [3.8, 4) is 5.75 Å². The molecule has 1 fully saturated rings. The van der Waals surface area contributed by atoms with Crippen molar-refractivity contribution in [2.24, 2.45) is 0 Å². The van der Waals surface area contributed by atoms with Gasteiger partial charge in [0.1, 0.15) is 12.4 Å². The molecule has 0 aliphatic carbocycles. The first-order valence-electron chi connectivity index (χ1n) is 10.00. The van der Waals surface area contributed by atoms with Crippen LogP contribution < -0.4 is 10.1 Å². The molecule has 0 spiro atoms. The minimum Gasteiger partial charge on any atom is -0.487 e. The largest absolute Gasteiger partial charge is 0.487 e. The zero-order valence-corrected chi connectivity index (χ0v) is 17.8. The fourth-order valence-electron chi connectivity index (χ4n) is 3.27. The van der Waals surface area contributed by atoms with E-state index in [-0.39, 0.29) is 5.91 Å². The molecule has 156 valence electrons. The van der Waals surface area contributed by atoms with Gasteiger partial charge in [-0.15, -0.1) is 11.3 Å². The van der Waals surface area contributed by atoms with E-state index in [4.69, 9.17) is 9.47 Å². The molecule has 4 rings (SSSR count). The Morgan fingerprint density at radius 1 is 1.20 bits per heavy atom. The number of thiazole rings is 1. The Hall–Kier alpha value is -2.74.